The van der Waals surface area contributed by atoms with E-state index in [9.17, 15) is 9.35 Å². The maximum atomic E-state index is 12.1. The molecule has 1 unspecified atom stereocenters. The van der Waals surface area contributed by atoms with Crippen LogP contribution in [0.15, 0.2) is 4.40 Å². The molecule has 5 nitrogen and oxygen atoms in total. The molecule has 0 N–H and O–H groups in total. The second-order valence-corrected chi connectivity index (χ2v) is 8.93. The lowest BCUT2D eigenvalue weighted by molar-refractivity contribution is 0.0268. The molecule has 1 rings (SSSR count). The molecule has 1 aliphatic rings. The van der Waals surface area contributed by atoms with Gasteiger partial charge in [0.15, 0.2) is 0 Å². The molecule has 0 saturated carbocycles. The normalized spacial score (nSPS) is 22.4. The molecule has 0 aromatic rings. The summed E-state index contributed by atoms with van der Waals surface area (Å²) in [7, 11) is 0. The average Bonchev–Trinajstić information content (AvgIpc) is 2.70. The molecule has 2 atom stereocenters. The number of ether oxygens (including phenoxy) is 1. The van der Waals surface area contributed by atoms with Crippen molar-refractivity contribution in [2.75, 3.05) is 6.54 Å². The fraction of sp³-hybridized carbons (Fsp3) is 0.857. The van der Waals surface area contributed by atoms with Crippen molar-refractivity contribution in [2.24, 2.45) is 4.40 Å². The Morgan fingerprint density at radius 2 is 1.95 bits per heavy atom. The summed E-state index contributed by atoms with van der Waals surface area (Å²) in [6.07, 6.45) is 3.06. The minimum absolute atomic E-state index is 0.115. The zero-order valence-corrected chi connectivity index (χ0v) is 14.1. The van der Waals surface area contributed by atoms with E-state index < -0.39 is 17.0 Å². The van der Waals surface area contributed by atoms with Crippen LogP contribution < -0.4 is 0 Å². The van der Waals surface area contributed by atoms with Gasteiger partial charge in [0.2, 0.25) is 0 Å². The molecule has 0 aliphatic carbocycles. The first-order valence-corrected chi connectivity index (χ1v) is 8.07. The molecule has 20 heavy (non-hydrogen) atoms. The largest absolute Gasteiger partial charge is 0.591 e. The molecular weight excluding hydrogens is 276 g/mol. The van der Waals surface area contributed by atoms with E-state index in [1.165, 1.54) is 0 Å². The van der Waals surface area contributed by atoms with Gasteiger partial charge in [-0.05, 0) is 54.4 Å². The highest BCUT2D eigenvalue weighted by molar-refractivity contribution is 7.91. The first kappa shape index (κ1) is 17.3. The Bertz CT molecular complexity index is 372. The van der Waals surface area contributed by atoms with Crippen molar-refractivity contribution in [3.05, 3.63) is 0 Å². The van der Waals surface area contributed by atoms with Gasteiger partial charge in [-0.1, -0.05) is 4.40 Å². The summed E-state index contributed by atoms with van der Waals surface area (Å²) in [5.41, 5.74) is -0.504. The molecule has 1 saturated heterocycles. The van der Waals surface area contributed by atoms with E-state index in [4.69, 9.17) is 4.74 Å². The average molecular weight is 302 g/mol. The Hall–Kier alpha value is -0.750. The molecule has 0 bridgehead atoms. The molecule has 6 heteroatoms. The minimum atomic E-state index is -1.29. The van der Waals surface area contributed by atoms with Gasteiger partial charge in [-0.25, -0.2) is 4.79 Å². The SMILES string of the molecule is CC(C)(C)OC(=O)N1CCC[C@@H]1/C=N/[S+]([O-])C(C)(C)C. The second kappa shape index (κ2) is 6.35. The van der Waals surface area contributed by atoms with Gasteiger partial charge in [-0.3, -0.25) is 0 Å². The van der Waals surface area contributed by atoms with Crippen LogP contribution in [-0.4, -0.2) is 44.7 Å². The van der Waals surface area contributed by atoms with E-state index in [0.717, 1.165) is 12.8 Å². The van der Waals surface area contributed by atoms with Crippen molar-refractivity contribution in [3.8, 4) is 0 Å². The Labute approximate surface area is 125 Å². The van der Waals surface area contributed by atoms with Crippen molar-refractivity contribution in [1.82, 2.24) is 4.90 Å². The summed E-state index contributed by atoms with van der Waals surface area (Å²) >= 11 is -1.29. The van der Waals surface area contributed by atoms with Gasteiger partial charge in [0, 0.05) is 6.54 Å². The number of hydrogen-bond acceptors (Lipinski definition) is 4. The molecule has 0 aromatic carbocycles. The standard InChI is InChI=1S/C14H26N2O3S/c1-13(2,3)19-12(17)16-9-7-8-11(16)10-15-20(18)14(4,5)6/h10-11H,7-9H2,1-6H3/b15-10+/t11-,20?/m1/s1. The van der Waals surface area contributed by atoms with Crippen LogP contribution in [0.25, 0.3) is 0 Å². The van der Waals surface area contributed by atoms with E-state index in [1.807, 2.05) is 41.5 Å². The number of rotatable bonds is 2. The highest BCUT2D eigenvalue weighted by atomic mass is 32.2. The summed E-state index contributed by atoms with van der Waals surface area (Å²) in [4.78, 5) is 13.7. The van der Waals surface area contributed by atoms with Gasteiger partial charge < -0.3 is 14.2 Å². The summed E-state index contributed by atoms with van der Waals surface area (Å²) in [5.74, 6) is 0. The van der Waals surface area contributed by atoms with Crippen LogP contribution in [0.5, 0.6) is 0 Å². The van der Waals surface area contributed by atoms with Crippen molar-refractivity contribution in [3.63, 3.8) is 0 Å². The van der Waals surface area contributed by atoms with E-state index in [-0.39, 0.29) is 16.9 Å². The van der Waals surface area contributed by atoms with Gasteiger partial charge in [0.1, 0.15) is 21.7 Å². The Kier molecular flexibility index (Phi) is 5.49. The first-order chi connectivity index (χ1) is 9.00. The molecule has 1 heterocycles. The molecule has 0 aromatic heterocycles. The zero-order valence-electron chi connectivity index (χ0n) is 13.3. The number of amides is 1. The van der Waals surface area contributed by atoms with E-state index in [2.05, 4.69) is 4.40 Å². The van der Waals surface area contributed by atoms with Crippen LogP contribution in [0.4, 0.5) is 4.79 Å². The third kappa shape index (κ3) is 5.32. The summed E-state index contributed by atoms with van der Waals surface area (Å²) in [6.45, 7) is 11.8. The molecular formula is C14H26N2O3S. The van der Waals surface area contributed by atoms with Gasteiger partial charge >= 0.3 is 6.09 Å². The number of hydrogen-bond donors (Lipinski definition) is 0. The lowest BCUT2D eigenvalue weighted by atomic mass is 10.2. The van der Waals surface area contributed by atoms with Crippen LogP contribution in [-0.2, 0) is 16.1 Å². The summed E-state index contributed by atoms with van der Waals surface area (Å²) in [5, 5.41) is 0. The maximum absolute atomic E-state index is 12.1. The molecule has 1 fully saturated rings. The van der Waals surface area contributed by atoms with Gasteiger partial charge in [-0.15, -0.1) is 0 Å². The first-order valence-electron chi connectivity index (χ1n) is 6.96. The molecule has 0 spiro atoms. The monoisotopic (exact) mass is 302 g/mol. The van der Waals surface area contributed by atoms with Crippen molar-refractivity contribution >= 4 is 23.7 Å². The maximum Gasteiger partial charge on any atom is 0.410 e. The third-order valence-corrected chi connectivity index (χ3v) is 4.14. The van der Waals surface area contributed by atoms with Gasteiger partial charge in [-0.2, -0.15) is 0 Å². The number of nitrogens with zero attached hydrogens (tertiary/aromatic N) is 2. The number of carbonyl (C=O) groups excluding carboxylic acids is 1. The van der Waals surface area contributed by atoms with Crippen molar-refractivity contribution in [1.29, 1.82) is 0 Å². The Morgan fingerprint density at radius 1 is 1.35 bits per heavy atom. The van der Waals surface area contributed by atoms with E-state index >= 15 is 0 Å². The lowest BCUT2D eigenvalue weighted by Crippen LogP contribution is -2.40. The highest BCUT2D eigenvalue weighted by Gasteiger charge is 2.33. The molecule has 116 valence electrons. The van der Waals surface area contributed by atoms with Crippen LogP contribution in [0.1, 0.15) is 54.4 Å². The highest BCUT2D eigenvalue weighted by Crippen LogP contribution is 2.21. The molecule has 1 aliphatic heterocycles. The Balaban J connectivity index is 2.66. The fourth-order valence-corrected chi connectivity index (χ4v) is 2.35. The summed E-state index contributed by atoms with van der Waals surface area (Å²) < 4.78 is 21.0. The smallest absolute Gasteiger partial charge is 0.410 e. The van der Waals surface area contributed by atoms with Crippen LogP contribution >= 0.6 is 0 Å². The zero-order chi connectivity index (χ0) is 15.6. The van der Waals surface area contributed by atoms with E-state index in [1.54, 1.807) is 11.1 Å². The minimum Gasteiger partial charge on any atom is -0.591 e. The third-order valence-electron chi connectivity index (χ3n) is 2.78. The van der Waals surface area contributed by atoms with Crippen molar-refractivity contribution < 1.29 is 14.1 Å². The molecule has 1 amide bonds. The number of likely N-dealkylation sites (tertiary alicyclic amines) is 1. The predicted octanol–water partition coefficient (Wildman–Crippen LogP) is 2.92. The van der Waals surface area contributed by atoms with Crippen LogP contribution in [0, 0.1) is 0 Å². The van der Waals surface area contributed by atoms with Gasteiger partial charge in [0.05, 0.1) is 12.3 Å². The fourth-order valence-electron chi connectivity index (χ4n) is 1.78. The van der Waals surface area contributed by atoms with Crippen LogP contribution in [0.2, 0.25) is 0 Å². The predicted molar refractivity (Wildman–Crippen MR) is 82.3 cm³/mol. The topological polar surface area (TPSA) is 65.0 Å². The van der Waals surface area contributed by atoms with Crippen molar-refractivity contribution in [2.45, 2.75) is 70.8 Å². The molecule has 0 radical (unpaired) electrons. The number of carbonyl (C=O) groups is 1. The lowest BCUT2D eigenvalue weighted by Gasteiger charge is -2.27. The summed E-state index contributed by atoms with van der Waals surface area (Å²) in [6, 6.07) is -0.115. The Morgan fingerprint density at radius 3 is 2.45 bits per heavy atom. The quantitative estimate of drug-likeness (QED) is 0.582. The van der Waals surface area contributed by atoms with E-state index in [0.29, 0.717) is 6.54 Å². The van der Waals surface area contributed by atoms with Gasteiger partial charge in [0.25, 0.3) is 0 Å². The second-order valence-electron chi connectivity index (χ2n) is 7.00. The van der Waals surface area contributed by atoms with Crippen LogP contribution in [0.3, 0.4) is 0 Å².